The van der Waals surface area contributed by atoms with Gasteiger partial charge in [0.2, 0.25) is 0 Å². The van der Waals surface area contributed by atoms with Crippen molar-refractivity contribution < 1.29 is 5.21 Å². The van der Waals surface area contributed by atoms with Gasteiger partial charge in [0.1, 0.15) is 0 Å². The third-order valence-electron chi connectivity index (χ3n) is 3.66. The number of nitrogens with one attached hydrogen (secondary N) is 1. The van der Waals surface area contributed by atoms with Crippen LogP contribution < -0.4 is 5.48 Å². The van der Waals surface area contributed by atoms with Gasteiger partial charge in [0, 0.05) is 6.04 Å². The first-order valence-corrected chi connectivity index (χ1v) is 4.77. The van der Waals surface area contributed by atoms with Crippen molar-refractivity contribution in [2.45, 2.75) is 51.0 Å². The molecule has 0 bridgehead atoms. The molecule has 64 valence electrons. The molecule has 0 aromatic rings. The zero-order chi connectivity index (χ0) is 7.73. The monoisotopic (exact) mass is 155 g/mol. The maximum absolute atomic E-state index is 8.94. The summed E-state index contributed by atoms with van der Waals surface area (Å²) in [5.41, 5.74) is 2.99. The molecule has 0 radical (unpaired) electrons. The molecule has 2 nitrogen and oxygen atoms in total. The Balaban J connectivity index is 2.09. The molecule has 2 aliphatic rings. The van der Waals surface area contributed by atoms with E-state index in [4.69, 9.17) is 5.21 Å². The van der Waals surface area contributed by atoms with Gasteiger partial charge in [-0.15, -0.1) is 0 Å². The number of rotatable bonds is 1. The zero-order valence-corrected chi connectivity index (χ0v) is 6.97. The number of hydrogen-bond donors (Lipinski definition) is 2. The van der Waals surface area contributed by atoms with Gasteiger partial charge in [-0.1, -0.05) is 19.3 Å². The topological polar surface area (TPSA) is 32.3 Å². The summed E-state index contributed by atoms with van der Waals surface area (Å²) in [6.45, 7) is 0. The molecule has 2 N–H and O–H groups in total. The zero-order valence-electron chi connectivity index (χ0n) is 6.97. The van der Waals surface area contributed by atoms with Gasteiger partial charge in [-0.05, 0) is 31.1 Å². The lowest BCUT2D eigenvalue weighted by Crippen LogP contribution is -2.37. The predicted molar refractivity (Wildman–Crippen MR) is 43.5 cm³/mol. The van der Waals surface area contributed by atoms with Gasteiger partial charge in [0.15, 0.2) is 0 Å². The van der Waals surface area contributed by atoms with E-state index in [1.807, 2.05) is 0 Å². The van der Waals surface area contributed by atoms with Crippen LogP contribution in [0.2, 0.25) is 0 Å². The van der Waals surface area contributed by atoms with Crippen LogP contribution in [0.15, 0.2) is 0 Å². The van der Waals surface area contributed by atoms with Crippen molar-refractivity contribution in [3.05, 3.63) is 0 Å². The van der Waals surface area contributed by atoms with Crippen molar-refractivity contribution >= 4 is 0 Å². The third-order valence-corrected chi connectivity index (χ3v) is 3.66. The van der Waals surface area contributed by atoms with Gasteiger partial charge < -0.3 is 5.21 Å². The molecule has 0 aromatic carbocycles. The fraction of sp³-hybridized carbons (Fsp3) is 1.00. The minimum atomic E-state index is 0.407. The standard InChI is InChI=1S/C9H17NO/c11-10-8-4-3-7-9(8)5-1-2-6-9/h8,10-11H,1-7H2. The van der Waals surface area contributed by atoms with E-state index in [2.05, 4.69) is 5.48 Å². The van der Waals surface area contributed by atoms with Crippen LogP contribution in [0.1, 0.15) is 44.9 Å². The van der Waals surface area contributed by atoms with Crippen LogP contribution in [0.3, 0.4) is 0 Å². The molecule has 0 aromatic heterocycles. The molecule has 1 atom stereocenters. The summed E-state index contributed by atoms with van der Waals surface area (Å²) < 4.78 is 0. The highest BCUT2D eigenvalue weighted by Gasteiger charge is 2.44. The van der Waals surface area contributed by atoms with Crippen LogP contribution >= 0.6 is 0 Å². The number of hydroxylamine groups is 1. The first-order valence-electron chi connectivity index (χ1n) is 4.77. The Morgan fingerprint density at radius 1 is 1.09 bits per heavy atom. The third kappa shape index (κ3) is 1.09. The lowest BCUT2D eigenvalue weighted by Gasteiger charge is -2.29. The molecule has 0 amide bonds. The van der Waals surface area contributed by atoms with Crippen molar-refractivity contribution in [1.29, 1.82) is 0 Å². The molecule has 11 heavy (non-hydrogen) atoms. The Hall–Kier alpha value is -0.0800. The van der Waals surface area contributed by atoms with E-state index >= 15 is 0 Å². The predicted octanol–water partition coefficient (Wildman–Crippen LogP) is 2.08. The van der Waals surface area contributed by atoms with Gasteiger partial charge in [0.05, 0.1) is 0 Å². The van der Waals surface area contributed by atoms with E-state index in [9.17, 15) is 0 Å². The van der Waals surface area contributed by atoms with Crippen molar-refractivity contribution in [2.24, 2.45) is 5.41 Å². The van der Waals surface area contributed by atoms with E-state index in [1.165, 1.54) is 44.9 Å². The van der Waals surface area contributed by atoms with Crippen molar-refractivity contribution in [3.63, 3.8) is 0 Å². The maximum Gasteiger partial charge on any atom is 0.0376 e. The normalized spacial score (nSPS) is 35.2. The minimum Gasteiger partial charge on any atom is -0.317 e. The first kappa shape index (κ1) is 7.56. The summed E-state index contributed by atoms with van der Waals surface area (Å²) in [6.07, 6.45) is 9.24. The Morgan fingerprint density at radius 2 is 1.73 bits per heavy atom. The highest BCUT2D eigenvalue weighted by molar-refractivity contribution is 4.97. The van der Waals surface area contributed by atoms with Gasteiger partial charge in [-0.25, -0.2) is 5.48 Å². The SMILES string of the molecule is ONC1CCCC12CCCC2. The molecule has 2 aliphatic carbocycles. The molecule has 1 unspecified atom stereocenters. The van der Waals surface area contributed by atoms with Crippen LogP contribution in [0.4, 0.5) is 0 Å². The largest absolute Gasteiger partial charge is 0.317 e. The second-order valence-electron chi connectivity index (χ2n) is 4.14. The molecular formula is C9H17NO. The Labute approximate surface area is 67.9 Å². The minimum absolute atomic E-state index is 0.407. The van der Waals surface area contributed by atoms with E-state index in [0.29, 0.717) is 11.5 Å². The van der Waals surface area contributed by atoms with E-state index in [0.717, 1.165) is 0 Å². The van der Waals surface area contributed by atoms with E-state index in [-0.39, 0.29) is 0 Å². The van der Waals surface area contributed by atoms with Gasteiger partial charge in [-0.2, -0.15) is 0 Å². The van der Waals surface area contributed by atoms with Crippen LogP contribution in [-0.4, -0.2) is 11.2 Å². The molecule has 0 aliphatic heterocycles. The van der Waals surface area contributed by atoms with E-state index < -0.39 is 0 Å². The lowest BCUT2D eigenvalue weighted by atomic mass is 9.81. The van der Waals surface area contributed by atoms with Crippen LogP contribution in [0, 0.1) is 5.41 Å². The van der Waals surface area contributed by atoms with Crippen molar-refractivity contribution in [1.82, 2.24) is 5.48 Å². The summed E-state index contributed by atoms with van der Waals surface area (Å²) in [7, 11) is 0. The molecule has 2 heteroatoms. The fourth-order valence-electron chi connectivity index (χ4n) is 3.02. The van der Waals surface area contributed by atoms with Gasteiger partial charge >= 0.3 is 0 Å². The fourth-order valence-corrected chi connectivity index (χ4v) is 3.02. The summed E-state index contributed by atoms with van der Waals surface area (Å²) in [5, 5.41) is 8.94. The summed E-state index contributed by atoms with van der Waals surface area (Å²) in [5.74, 6) is 0. The van der Waals surface area contributed by atoms with Gasteiger partial charge in [0.25, 0.3) is 0 Å². The highest BCUT2D eigenvalue weighted by Crippen LogP contribution is 2.50. The van der Waals surface area contributed by atoms with Crippen LogP contribution in [-0.2, 0) is 0 Å². The molecule has 2 fully saturated rings. The van der Waals surface area contributed by atoms with Crippen molar-refractivity contribution in [3.8, 4) is 0 Å². The van der Waals surface area contributed by atoms with Crippen LogP contribution in [0.5, 0.6) is 0 Å². The van der Waals surface area contributed by atoms with Gasteiger partial charge in [-0.3, -0.25) is 0 Å². The lowest BCUT2D eigenvalue weighted by molar-refractivity contribution is 0.0681. The Morgan fingerprint density at radius 3 is 2.36 bits per heavy atom. The smallest absolute Gasteiger partial charge is 0.0376 e. The molecule has 0 heterocycles. The Bertz CT molecular complexity index is 135. The van der Waals surface area contributed by atoms with E-state index in [1.54, 1.807) is 0 Å². The Kier molecular flexibility index (Phi) is 1.90. The molecule has 2 saturated carbocycles. The summed E-state index contributed by atoms with van der Waals surface area (Å²) >= 11 is 0. The second kappa shape index (κ2) is 2.76. The quantitative estimate of drug-likeness (QED) is 0.568. The number of hydrogen-bond acceptors (Lipinski definition) is 2. The van der Waals surface area contributed by atoms with Crippen molar-refractivity contribution in [2.75, 3.05) is 0 Å². The highest BCUT2D eigenvalue weighted by atomic mass is 16.5. The van der Waals surface area contributed by atoms with Crippen LogP contribution in [0.25, 0.3) is 0 Å². The first-order chi connectivity index (χ1) is 5.37. The average Bonchev–Trinajstić information content (AvgIpc) is 2.62. The molecule has 1 spiro atoms. The summed E-state index contributed by atoms with van der Waals surface area (Å²) in [4.78, 5) is 0. The second-order valence-corrected chi connectivity index (χ2v) is 4.14. The molecule has 2 rings (SSSR count). The molecule has 0 saturated heterocycles. The summed E-state index contributed by atoms with van der Waals surface area (Å²) in [6, 6.07) is 0.407. The molecular weight excluding hydrogens is 138 g/mol. The maximum atomic E-state index is 8.94. The average molecular weight is 155 g/mol.